The lowest BCUT2D eigenvalue weighted by molar-refractivity contribution is 0.504. The van der Waals surface area contributed by atoms with E-state index in [0.29, 0.717) is 24.1 Å². The maximum atomic E-state index is 9.23. The Labute approximate surface area is 110 Å². The SMILES string of the molecule is CC(C)CC(C)N(C)c1ccc(CN)cc1C#N. The predicted octanol–water partition coefficient (Wildman–Crippen LogP) is 2.89. The van der Waals surface area contributed by atoms with Crippen molar-refractivity contribution in [2.75, 3.05) is 11.9 Å². The maximum absolute atomic E-state index is 9.23. The third-order valence-corrected chi connectivity index (χ3v) is 3.27. The van der Waals surface area contributed by atoms with Gasteiger partial charge >= 0.3 is 0 Å². The zero-order valence-corrected chi connectivity index (χ0v) is 11.8. The Balaban J connectivity index is 2.98. The molecule has 0 saturated heterocycles. The molecule has 1 aromatic carbocycles. The van der Waals surface area contributed by atoms with E-state index in [4.69, 9.17) is 5.73 Å². The molecule has 98 valence electrons. The number of rotatable bonds is 5. The lowest BCUT2D eigenvalue weighted by Crippen LogP contribution is -2.30. The summed E-state index contributed by atoms with van der Waals surface area (Å²) < 4.78 is 0. The van der Waals surface area contributed by atoms with E-state index in [9.17, 15) is 5.26 Å². The molecule has 1 atom stereocenters. The highest BCUT2D eigenvalue weighted by atomic mass is 15.1. The molecule has 18 heavy (non-hydrogen) atoms. The Kier molecular flexibility index (Phi) is 5.18. The van der Waals surface area contributed by atoms with Gasteiger partial charge in [-0.05, 0) is 37.0 Å². The van der Waals surface area contributed by atoms with E-state index >= 15 is 0 Å². The molecular weight excluding hydrogens is 222 g/mol. The average Bonchev–Trinajstić information content (AvgIpc) is 2.36. The quantitative estimate of drug-likeness (QED) is 0.867. The fraction of sp³-hybridized carbons (Fsp3) is 0.533. The standard InChI is InChI=1S/C15H23N3/c1-11(2)7-12(3)18(4)15-6-5-13(9-16)8-14(15)10-17/h5-6,8,11-12H,7,9,16H2,1-4H3. The molecule has 1 aromatic rings. The number of benzene rings is 1. The van der Waals surface area contributed by atoms with Crippen molar-refractivity contribution in [1.29, 1.82) is 5.26 Å². The molecule has 0 bridgehead atoms. The molecule has 0 fully saturated rings. The molecule has 2 N–H and O–H groups in total. The van der Waals surface area contributed by atoms with Crippen LogP contribution in [0.15, 0.2) is 18.2 Å². The van der Waals surface area contributed by atoms with Crippen LogP contribution < -0.4 is 10.6 Å². The molecule has 0 spiro atoms. The second kappa shape index (κ2) is 6.42. The van der Waals surface area contributed by atoms with Crippen LogP contribution in [0.5, 0.6) is 0 Å². The van der Waals surface area contributed by atoms with E-state index in [0.717, 1.165) is 17.7 Å². The summed E-state index contributed by atoms with van der Waals surface area (Å²) in [6.07, 6.45) is 1.11. The summed E-state index contributed by atoms with van der Waals surface area (Å²) in [4.78, 5) is 2.18. The Bertz CT molecular complexity index is 432. The summed E-state index contributed by atoms with van der Waals surface area (Å²) in [5.41, 5.74) is 8.30. The van der Waals surface area contributed by atoms with Crippen molar-refractivity contribution < 1.29 is 0 Å². The molecular formula is C15H23N3. The van der Waals surface area contributed by atoms with Gasteiger partial charge in [-0.25, -0.2) is 0 Å². The normalized spacial score (nSPS) is 12.3. The molecule has 1 unspecified atom stereocenters. The number of nitriles is 1. The van der Waals surface area contributed by atoms with E-state index in [1.807, 2.05) is 25.2 Å². The van der Waals surface area contributed by atoms with Crippen molar-refractivity contribution in [1.82, 2.24) is 0 Å². The molecule has 0 heterocycles. The largest absolute Gasteiger partial charge is 0.371 e. The summed E-state index contributed by atoms with van der Waals surface area (Å²) >= 11 is 0. The second-order valence-corrected chi connectivity index (χ2v) is 5.26. The van der Waals surface area contributed by atoms with Crippen LogP contribution in [0.4, 0.5) is 5.69 Å². The van der Waals surface area contributed by atoms with Crippen molar-refractivity contribution in [3.63, 3.8) is 0 Å². The van der Waals surface area contributed by atoms with Gasteiger partial charge in [0.15, 0.2) is 0 Å². The Morgan fingerprint density at radius 1 is 1.33 bits per heavy atom. The van der Waals surface area contributed by atoms with Gasteiger partial charge in [-0.3, -0.25) is 0 Å². The van der Waals surface area contributed by atoms with Crippen LogP contribution in [0.1, 0.15) is 38.3 Å². The van der Waals surface area contributed by atoms with E-state index < -0.39 is 0 Å². The van der Waals surface area contributed by atoms with Gasteiger partial charge in [-0.2, -0.15) is 5.26 Å². The second-order valence-electron chi connectivity index (χ2n) is 5.26. The van der Waals surface area contributed by atoms with Gasteiger partial charge in [0.1, 0.15) is 6.07 Å². The van der Waals surface area contributed by atoms with Crippen LogP contribution >= 0.6 is 0 Å². The monoisotopic (exact) mass is 245 g/mol. The van der Waals surface area contributed by atoms with Crippen molar-refractivity contribution in [3.8, 4) is 6.07 Å². The van der Waals surface area contributed by atoms with Gasteiger partial charge in [0, 0.05) is 19.6 Å². The van der Waals surface area contributed by atoms with Crippen molar-refractivity contribution in [2.24, 2.45) is 11.7 Å². The van der Waals surface area contributed by atoms with Crippen LogP contribution in [-0.4, -0.2) is 13.1 Å². The summed E-state index contributed by atoms with van der Waals surface area (Å²) in [7, 11) is 2.05. The molecule has 3 nitrogen and oxygen atoms in total. The summed E-state index contributed by atoms with van der Waals surface area (Å²) in [5, 5.41) is 9.23. The van der Waals surface area contributed by atoms with Crippen LogP contribution in [0.2, 0.25) is 0 Å². The van der Waals surface area contributed by atoms with E-state index in [2.05, 4.69) is 31.7 Å². The highest BCUT2D eigenvalue weighted by Gasteiger charge is 2.15. The average molecular weight is 245 g/mol. The van der Waals surface area contributed by atoms with Crippen molar-refractivity contribution in [2.45, 2.75) is 39.8 Å². The fourth-order valence-electron chi connectivity index (χ4n) is 2.19. The maximum Gasteiger partial charge on any atom is 0.101 e. The summed E-state index contributed by atoms with van der Waals surface area (Å²) in [5.74, 6) is 0.649. The van der Waals surface area contributed by atoms with Crippen molar-refractivity contribution >= 4 is 5.69 Å². The van der Waals surface area contributed by atoms with Gasteiger partial charge in [0.05, 0.1) is 11.3 Å². The highest BCUT2D eigenvalue weighted by Crippen LogP contribution is 2.24. The number of nitrogens with zero attached hydrogens (tertiary/aromatic N) is 2. The van der Waals surface area contributed by atoms with Gasteiger partial charge in [-0.15, -0.1) is 0 Å². The molecule has 3 heteroatoms. The van der Waals surface area contributed by atoms with E-state index in [-0.39, 0.29) is 0 Å². The first-order valence-corrected chi connectivity index (χ1v) is 6.45. The zero-order chi connectivity index (χ0) is 13.7. The van der Waals surface area contributed by atoms with E-state index in [1.54, 1.807) is 0 Å². The van der Waals surface area contributed by atoms with Crippen LogP contribution in [0.3, 0.4) is 0 Å². The van der Waals surface area contributed by atoms with E-state index in [1.165, 1.54) is 0 Å². The van der Waals surface area contributed by atoms with Crippen LogP contribution in [0.25, 0.3) is 0 Å². The Morgan fingerprint density at radius 2 is 2.00 bits per heavy atom. The number of nitrogens with two attached hydrogens (primary N) is 1. The molecule has 0 aliphatic rings. The summed E-state index contributed by atoms with van der Waals surface area (Å²) in [6.45, 7) is 7.10. The molecule has 1 rings (SSSR count). The number of hydrogen-bond donors (Lipinski definition) is 1. The first kappa shape index (κ1) is 14.5. The minimum absolute atomic E-state index is 0.417. The Hall–Kier alpha value is -1.53. The topological polar surface area (TPSA) is 53.0 Å². The number of hydrogen-bond acceptors (Lipinski definition) is 3. The van der Waals surface area contributed by atoms with Crippen LogP contribution in [0, 0.1) is 17.2 Å². The first-order valence-electron chi connectivity index (χ1n) is 6.45. The highest BCUT2D eigenvalue weighted by molar-refractivity contribution is 5.60. The van der Waals surface area contributed by atoms with Crippen molar-refractivity contribution in [3.05, 3.63) is 29.3 Å². The number of anilines is 1. The summed E-state index contributed by atoms with van der Waals surface area (Å²) in [6, 6.07) is 8.55. The first-order chi connectivity index (χ1) is 8.49. The lowest BCUT2D eigenvalue weighted by atomic mass is 10.0. The van der Waals surface area contributed by atoms with Crippen LogP contribution in [-0.2, 0) is 6.54 Å². The van der Waals surface area contributed by atoms with Gasteiger partial charge < -0.3 is 10.6 Å². The lowest BCUT2D eigenvalue weighted by Gasteiger charge is -2.29. The fourth-order valence-corrected chi connectivity index (χ4v) is 2.19. The Morgan fingerprint density at radius 3 is 2.50 bits per heavy atom. The third kappa shape index (κ3) is 3.48. The van der Waals surface area contributed by atoms with Gasteiger partial charge in [0.2, 0.25) is 0 Å². The smallest absolute Gasteiger partial charge is 0.101 e. The molecule has 0 amide bonds. The van der Waals surface area contributed by atoms with Gasteiger partial charge in [-0.1, -0.05) is 19.9 Å². The molecule has 0 saturated carbocycles. The molecule has 0 aromatic heterocycles. The minimum Gasteiger partial charge on any atom is -0.371 e. The molecule has 0 aliphatic heterocycles. The zero-order valence-electron chi connectivity index (χ0n) is 11.8. The molecule has 0 aliphatic carbocycles. The minimum atomic E-state index is 0.417. The molecule has 0 radical (unpaired) electrons. The predicted molar refractivity (Wildman–Crippen MR) is 76.4 cm³/mol. The van der Waals surface area contributed by atoms with Gasteiger partial charge in [0.25, 0.3) is 0 Å². The third-order valence-electron chi connectivity index (χ3n) is 3.27.